The number of phenols is 1. The van der Waals surface area contributed by atoms with Crippen molar-refractivity contribution in [3.8, 4) is 23.0 Å². The van der Waals surface area contributed by atoms with Crippen molar-refractivity contribution >= 4 is 10.8 Å². The summed E-state index contributed by atoms with van der Waals surface area (Å²) in [4.78, 5) is 0. The average molecular weight is 515 g/mol. The Labute approximate surface area is 225 Å². The van der Waals surface area contributed by atoms with Gasteiger partial charge in [-0.2, -0.15) is 0 Å². The van der Waals surface area contributed by atoms with E-state index in [0.717, 1.165) is 40.9 Å². The maximum absolute atomic E-state index is 9.56. The normalized spacial score (nSPS) is 13.6. The maximum atomic E-state index is 9.56. The lowest BCUT2D eigenvalue weighted by Gasteiger charge is -2.21. The van der Waals surface area contributed by atoms with Gasteiger partial charge in [-0.25, -0.2) is 0 Å². The summed E-state index contributed by atoms with van der Waals surface area (Å²) in [7, 11) is 1.67. The molecule has 3 atom stereocenters. The predicted octanol–water partition coefficient (Wildman–Crippen LogP) is 8.06. The number of rotatable bonds is 13. The summed E-state index contributed by atoms with van der Waals surface area (Å²) in [5.74, 6) is 3.57. The van der Waals surface area contributed by atoms with Crippen molar-refractivity contribution in [2.75, 3.05) is 20.3 Å². The molecule has 0 amide bonds. The van der Waals surface area contributed by atoms with E-state index in [-0.39, 0.29) is 6.29 Å². The van der Waals surface area contributed by atoms with E-state index in [4.69, 9.17) is 18.9 Å². The van der Waals surface area contributed by atoms with Crippen LogP contribution in [0.25, 0.3) is 10.8 Å². The Balaban J connectivity index is 1.23. The van der Waals surface area contributed by atoms with Gasteiger partial charge in [0.15, 0.2) is 6.29 Å². The zero-order valence-corrected chi connectivity index (χ0v) is 22.7. The molecule has 0 heterocycles. The number of hydrogen-bond acceptors (Lipinski definition) is 5. The molecule has 4 aromatic carbocycles. The highest BCUT2D eigenvalue weighted by molar-refractivity contribution is 5.85. The SMILES string of the molecule is CCC(CC(C)c1ccc(O)cc1)c1ccc(OC(C)OCCOc2ccc3ccc(OC)cc3c2)cc1. The van der Waals surface area contributed by atoms with Gasteiger partial charge in [0.25, 0.3) is 0 Å². The molecule has 1 N–H and O–H groups in total. The van der Waals surface area contributed by atoms with Crippen LogP contribution >= 0.6 is 0 Å². The number of hydrogen-bond donors (Lipinski definition) is 1. The molecule has 4 rings (SSSR count). The molecule has 0 saturated heterocycles. The van der Waals surface area contributed by atoms with Crippen molar-refractivity contribution in [3.63, 3.8) is 0 Å². The lowest BCUT2D eigenvalue weighted by Crippen LogP contribution is -2.19. The van der Waals surface area contributed by atoms with Gasteiger partial charge >= 0.3 is 0 Å². The highest BCUT2D eigenvalue weighted by atomic mass is 16.7. The summed E-state index contributed by atoms with van der Waals surface area (Å²) in [6, 6.07) is 27.9. The minimum absolute atomic E-state index is 0.306. The molecule has 200 valence electrons. The van der Waals surface area contributed by atoms with Crippen LogP contribution in [0.4, 0.5) is 0 Å². The highest BCUT2D eigenvalue weighted by Crippen LogP contribution is 2.33. The van der Waals surface area contributed by atoms with Crippen molar-refractivity contribution in [1.29, 1.82) is 0 Å². The fourth-order valence-corrected chi connectivity index (χ4v) is 4.74. The lowest BCUT2D eigenvalue weighted by atomic mass is 9.84. The molecule has 0 bridgehead atoms. The second-order valence-corrected chi connectivity index (χ2v) is 9.68. The van der Waals surface area contributed by atoms with Crippen molar-refractivity contribution in [2.24, 2.45) is 0 Å². The van der Waals surface area contributed by atoms with Gasteiger partial charge < -0.3 is 24.1 Å². The molecule has 5 nitrogen and oxygen atoms in total. The van der Waals surface area contributed by atoms with Gasteiger partial charge in [0.1, 0.15) is 29.6 Å². The summed E-state index contributed by atoms with van der Waals surface area (Å²) in [5, 5.41) is 11.8. The third-order valence-electron chi connectivity index (χ3n) is 6.97. The van der Waals surface area contributed by atoms with Crippen LogP contribution in [0.5, 0.6) is 23.0 Å². The Hall–Kier alpha value is -3.70. The average Bonchev–Trinajstić information content (AvgIpc) is 2.94. The molecular weight excluding hydrogens is 476 g/mol. The van der Waals surface area contributed by atoms with Gasteiger partial charge in [-0.3, -0.25) is 0 Å². The monoisotopic (exact) mass is 514 g/mol. The molecule has 5 heteroatoms. The second-order valence-electron chi connectivity index (χ2n) is 9.68. The minimum Gasteiger partial charge on any atom is -0.508 e. The van der Waals surface area contributed by atoms with Crippen molar-refractivity contribution in [3.05, 3.63) is 96.1 Å². The van der Waals surface area contributed by atoms with Gasteiger partial charge in [0, 0.05) is 0 Å². The van der Waals surface area contributed by atoms with Crippen LogP contribution in [0.1, 0.15) is 56.6 Å². The Kier molecular flexibility index (Phi) is 9.50. The number of phenolic OH excluding ortho intramolecular Hbond substituents is 1. The molecule has 0 aromatic heterocycles. The van der Waals surface area contributed by atoms with Gasteiger partial charge in [0.05, 0.1) is 13.7 Å². The topological polar surface area (TPSA) is 57.2 Å². The van der Waals surface area contributed by atoms with E-state index in [2.05, 4.69) is 26.0 Å². The zero-order valence-electron chi connectivity index (χ0n) is 22.7. The van der Waals surface area contributed by atoms with Crippen LogP contribution in [-0.4, -0.2) is 31.7 Å². The first kappa shape index (κ1) is 27.3. The predicted molar refractivity (Wildman–Crippen MR) is 153 cm³/mol. The van der Waals surface area contributed by atoms with E-state index in [1.807, 2.05) is 67.6 Å². The quantitative estimate of drug-likeness (QED) is 0.144. The first-order valence-electron chi connectivity index (χ1n) is 13.3. The van der Waals surface area contributed by atoms with Gasteiger partial charge in [-0.1, -0.05) is 50.2 Å². The maximum Gasteiger partial charge on any atom is 0.197 e. The second kappa shape index (κ2) is 13.2. The van der Waals surface area contributed by atoms with Crippen LogP contribution < -0.4 is 14.2 Å². The third-order valence-corrected chi connectivity index (χ3v) is 6.97. The Morgan fingerprint density at radius 3 is 2.03 bits per heavy atom. The number of ether oxygens (including phenoxy) is 4. The van der Waals surface area contributed by atoms with Crippen molar-refractivity contribution in [1.82, 2.24) is 0 Å². The zero-order chi connectivity index (χ0) is 26.9. The molecular formula is C33H38O5. The van der Waals surface area contributed by atoms with E-state index >= 15 is 0 Å². The molecule has 0 aliphatic carbocycles. The molecule has 0 aliphatic rings. The molecule has 0 spiro atoms. The van der Waals surface area contributed by atoms with Crippen LogP contribution in [0.15, 0.2) is 84.9 Å². The van der Waals surface area contributed by atoms with E-state index in [1.54, 1.807) is 19.2 Å². The third kappa shape index (κ3) is 7.42. The van der Waals surface area contributed by atoms with E-state index in [9.17, 15) is 5.11 Å². The van der Waals surface area contributed by atoms with Crippen LogP contribution in [0, 0.1) is 0 Å². The summed E-state index contributed by atoms with van der Waals surface area (Å²) >= 11 is 0. The van der Waals surface area contributed by atoms with Gasteiger partial charge in [-0.05, 0) is 102 Å². The lowest BCUT2D eigenvalue weighted by molar-refractivity contribution is -0.0739. The van der Waals surface area contributed by atoms with E-state index in [0.29, 0.717) is 30.8 Å². The molecule has 0 fully saturated rings. The standard InChI is InChI=1S/C33H38O5/c1-5-25(20-23(2)26-6-12-30(34)13-7-26)27-8-14-31(15-9-27)38-24(3)36-18-19-37-33-17-11-28-10-16-32(35-4)21-29(28)22-33/h6-17,21-25,34H,5,18-20H2,1-4H3. The summed E-state index contributed by atoms with van der Waals surface area (Å²) < 4.78 is 23.0. The van der Waals surface area contributed by atoms with Crippen LogP contribution in [0.2, 0.25) is 0 Å². The molecule has 38 heavy (non-hydrogen) atoms. The largest absolute Gasteiger partial charge is 0.508 e. The van der Waals surface area contributed by atoms with Gasteiger partial charge in [0.2, 0.25) is 0 Å². The Bertz CT molecular complexity index is 1280. The summed E-state index contributed by atoms with van der Waals surface area (Å²) in [6.07, 6.45) is 1.72. The van der Waals surface area contributed by atoms with E-state index < -0.39 is 0 Å². The summed E-state index contributed by atoms with van der Waals surface area (Å²) in [5.41, 5.74) is 2.55. The van der Waals surface area contributed by atoms with Crippen molar-refractivity contribution in [2.45, 2.75) is 51.7 Å². The van der Waals surface area contributed by atoms with Crippen LogP contribution in [-0.2, 0) is 4.74 Å². The summed E-state index contributed by atoms with van der Waals surface area (Å²) in [6.45, 7) is 7.21. The fraction of sp³-hybridized carbons (Fsp3) is 0.333. The number of fused-ring (bicyclic) bond motifs is 1. The number of aromatic hydroxyl groups is 1. The van der Waals surface area contributed by atoms with Crippen LogP contribution in [0.3, 0.4) is 0 Å². The first-order chi connectivity index (χ1) is 18.4. The molecule has 4 aromatic rings. The minimum atomic E-state index is -0.387. The molecule has 0 radical (unpaired) electrons. The highest BCUT2D eigenvalue weighted by Gasteiger charge is 2.16. The number of methoxy groups -OCH3 is 1. The number of benzene rings is 4. The van der Waals surface area contributed by atoms with E-state index in [1.165, 1.54) is 11.1 Å². The Morgan fingerprint density at radius 1 is 0.711 bits per heavy atom. The first-order valence-corrected chi connectivity index (χ1v) is 13.3. The fourth-order valence-electron chi connectivity index (χ4n) is 4.74. The molecule has 0 aliphatic heterocycles. The molecule has 0 saturated carbocycles. The van der Waals surface area contributed by atoms with Gasteiger partial charge in [-0.15, -0.1) is 0 Å². The smallest absolute Gasteiger partial charge is 0.197 e. The molecule has 3 unspecified atom stereocenters. The van der Waals surface area contributed by atoms with Crippen molar-refractivity contribution < 1.29 is 24.1 Å². The Morgan fingerprint density at radius 2 is 1.34 bits per heavy atom.